The first kappa shape index (κ1) is 14.1. The van der Waals surface area contributed by atoms with Gasteiger partial charge < -0.3 is 4.79 Å². The highest BCUT2D eigenvalue weighted by Gasteiger charge is 2.13. The van der Waals surface area contributed by atoms with Crippen LogP contribution in [0, 0.1) is 0 Å². The van der Waals surface area contributed by atoms with Crippen molar-refractivity contribution in [1.29, 1.82) is 0 Å². The van der Waals surface area contributed by atoms with E-state index in [0.717, 1.165) is 23.8 Å². The number of carbonyl (C=O) groups is 1. The van der Waals surface area contributed by atoms with Crippen LogP contribution >= 0.6 is 23.2 Å². The Morgan fingerprint density at radius 3 is 1.63 bits per heavy atom. The zero-order chi connectivity index (χ0) is 13.7. The quantitative estimate of drug-likeness (QED) is 0.700. The highest BCUT2D eigenvalue weighted by atomic mass is 35.5. The van der Waals surface area contributed by atoms with Gasteiger partial charge >= 0.3 is 0 Å². The van der Waals surface area contributed by atoms with Gasteiger partial charge in [0.15, 0.2) is 0 Å². The molecule has 2 aromatic rings. The molecular formula is C16H14Cl2O. The van der Waals surface area contributed by atoms with Crippen molar-refractivity contribution in [1.82, 2.24) is 0 Å². The zero-order valence-corrected chi connectivity index (χ0v) is 11.9. The van der Waals surface area contributed by atoms with Crippen molar-refractivity contribution >= 4 is 29.5 Å². The maximum absolute atomic E-state index is 10.6. The number of halogens is 2. The third-order valence-electron chi connectivity index (χ3n) is 3.12. The first-order valence-electron chi connectivity index (χ1n) is 6.15. The Hall–Kier alpha value is -1.31. The maximum atomic E-state index is 10.6. The second-order valence-corrected chi connectivity index (χ2v) is 5.27. The lowest BCUT2D eigenvalue weighted by Gasteiger charge is -2.17. The smallest absolute Gasteiger partial charge is 0.120 e. The molecule has 3 heteroatoms. The Morgan fingerprint density at radius 2 is 1.26 bits per heavy atom. The Morgan fingerprint density at radius 1 is 0.842 bits per heavy atom. The Balaban J connectivity index is 2.31. The van der Waals surface area contributed by atoms with Gasteiger partial charge in [0.1, 0.15) is 6.29 Å². The number of aldehydes is 1. The fraction of sp³-hybridized carbons (Fsp3) is 0.188. The standard InChI is InChI=1S/C16H14Cl2O/c17-14-7-3-12(4-8-14)16(2-1-11-19)13-5-9-15(18)10-6-13/h3-11,16H,1-2H2. The van der Waals surface area contributed by atoms with E-state index in [0.29, 0.717) is 16.5 Å². The average Bonchev–Trinajstić information content (AvgIpc) is 2.43. The largest absolute Gasteiger partial charge is 0.303 e. The Kier molecular flexibility index (Phi) is 5.00. The summed E-state index contributed by atoms with van der Waals surface area (Å²) in [5.74, 6) is 0.194. The summed E-state index contributed by atoms with van der Waals surface area (Å²) in [5.41, 5.74) is 2.32. The van der Waals surface area contributed by atoms with Gasteiger partial charge in [-0.25, -0.2) is 0 Å². The van der Waals surface area contributed by atoms with Crippen molar-refractivity contribution in [2.24, 2.45) is 0 Å². The molecule has 0 N–H and O–H groups in total. The molecule has 0 aliphatic carbocycles. The van der Waals surface area contributed by atoms with E-state index in [1.54, 1.807) is 0 Å². The van der Waals surface area contributed by atoms with Crippen LogP contribution in [0.3, 0.4) is 0 Å². The van der Waals surface area contributed by atoms with E-state index in [2.05, 4.69) is 0 Å². The second kappa shape index (κ2) is 6.74. The SMILES string of the molecule is O=CCCC(c1ccc(Cl)cc1)c1ccc(Cl)cc1. The van der Waals surface area contributed by atoms with Gasteiger partial charge in [-0.2, -0.15) is 0 Å². The molecule has 0 heterocycles. The van der Waals surface area contributed by atoms with Gasteiger partial charge in [-0.15, -0.1) is 0 Å². The molecule has 0 amide bonds. The van der Waals surface area contributed by atoms with Crippen LogP contribution in [0.25, 0.3) is 0 Å². The van der Waals surface area contributed by atoms with Crippen molar-refractivity contribution < 1.29 is 4.79 Å². The van der Waals surface area contributed by atoms with Crippen LogP contribution in [0.5, 0.6) is 0 Å². The number of rotatable bonds is 5. The number of hydrogen-bond donors (Lipinski definition) is 0. The van der Waals surface area contributed by atoms with E-state index in [9.17, 15) is 4.79 Å². The van der Waals surface area contributed by atoms with Crippen molar-refractivity contribution in [2.75, 3.05) is 0 Å². The molecule has 1 nitrogen and oxygen atoms in total. The molecule has 0 fully saturated rings. The summed E-state index contributed by atoms with van der Waals surface area (Å²) in [7, 11) is 0. The molecule has 0 saturated carbocycles. The molecule has 2 rings (SSSR count). The van der Waals surface area contributed by atoms with Crippen LogP contribution in [0.2, 0.25) is 10.0 Å². The molecule has 0 aliphatic rings. The minimum atomic E-state index is 0.194. The van der Waals surface area contributed by atoms with Crippen LogP contribution in [-0.2, 0) is 4.79 Å². The Bertz CT molecular complexity index is 486. The number of hydrogen-bond acceptors (Lipinski definition) is 1. The molecule has 0 bridgehead atoms. The lowest BCUT2D eigenvalue weighted by atomic mass is 9.88. The van der Waals surface area contributed by atoms with Gasteiger partial charge in [0, 0.05) is 22.4 Å². The molecule has 0 aliphatic heterocycles. The first-order chi connectivity index (χ1) is 9.20. The molecule has 0 saturated heterocycles. The fourth-order valence-corrected chi connectivity index (χ4v) is 2.40. The van der Waals surface area contributed by atoms with Gasteiger partial charge in [-0.05, 0) is 41.8 Å². The number of benzene rings is 2. The highest BCUT2D eigenvalue weighted by Crippen LogP contribution is 2.30. The summed E-state index contributed by atoms with van der Waals surface area (Å²) >= 11 is 11.8. The van der Waals surface area contributed by atoms with E-state index >= 15 is 0 Å². The number of carbonyl (C=O) groups excluding carboxylic acids is 1. The summed E-state index contributed by atoms with van der Waals surface area (Å²) < 4.78 is 0. The van der Waals surface area contributed by atoms with Crippen molar-refractivity contribution in [3.63, 3.8) is 0 Å². The molecule has 2 aromatic carbocycles. The van der Waals surface area contributed by atoms with Gasteiger partial charge in [0.25, 0.3) is 0 Å². The monoisotopic (exact) mass is 292 g/mol. The van der Waals surface area contributed by atoms with Gasteiger partial charge in [-0.1, -0.05) is 47.5 Å². The average molecular weight is 293 g/mol. The second-order valence-electron chi connectivity index (χ2n) is 4.40. The van der Waals surface area contributed by atoms with E-state index < -0.39 is 0 Å². The van der Waals surface area contributed by atoms with E-state index in [-0.39, 0.29) is 5.92 Å². The van der Waals surface area contributed by atoms with Gasteiger partial charge in [0.05, 0.1) is 0 Å². The van der Waals surface area contributed by atoms with E-state index in [1.165, 1.54) is 0 Å². The molecular weight excluding hydrogens is 279 g/mol. The summed E-state index contributed by atoms with van der Waals surface area (Å²) in [4.78, 5) is 10.6. The minimum Gasteiger partial charge on any atom is -0.303 e. The minimum absolute atomic E-state index is 0.194. The third kappa shape index (κ3) is 3.82. The van der Waals surface area contributed by atoms with Crippen LogP contribution in [0.15, 0.2) is 48.5 Å². The third-order valence-corrected chi connectivity index (χ3v) is 3.62. The van der Waals surface area contributed by atoms with Crippen molar-refractivity contribution in [3.8, 4) is 0 Å². The summed E-state index contributed by atoms with van der Waals surface area (Å²) in [6.07, 6.45) is 2.28. The Labute approximate surface area is 123 Å². The fourth-order valence-electron chi connectivity index (χ4n) is 2.15. The molecule has 0 spiro atoms. The molecule has 0 aromatic heterocycles. The summed E-state index contributed by atoms with van der Waals surface area (Å²) in [6, 6.07) is 15.5. The lowest BCUT2D eigenvalue weighted by Crippen LogP contribution is -2.01. The predicted molar refractivity (Wildman–Crippen MR) is 80.0 cm³/mol. The maximum Gasteiger partial charge on any atom is 0.120 e. The topological polar surface area (TPSA) is 17.1 Å². The van der Waals surface area contributed by atoms with Gasteiger partial charge in [0.2, 0.25) is 0 Å². The van der Waals surface area contributed by atoms with Crippen LogP contribution in [0.4, 0.5) is 0 Å². The van der Waals surface area contributed by atoms with Crippen molar-refractivity contribution in [2.45, 2.75) is 18.8 Å². The molecule has 0 unspecified atom stereocenters. The predicted octanol–water partition coefficient (Wildman–Crippen LogP) is 5.10. The summed E-state index contributed by atoms with van der Waals surface area (Å²) in [5, 5.41) is 1.43. The van der Waals surface area contributed by atoms with Crippen LogP contribution in [0.1, 0.15) is 29.9 Å². The van der Waals surface area contributed by atoms with E-state index in [4.69, 9.17) is 23.2 Å². The van der Waals surface area contributed by atoms with Crippen LogP contribution < -0.4 is 0 Å². The molecule has 98 valence electrons. The molecule has 0 atom stereocenters. The van der Waals surface area contributed by atoms with Crippen molar-refractivity contribution in [3.05, 3.63) is 69.7 Å². The van der Waals surface area contributed by atoms with Crippen LogP contribution in [-0.4, -0.2) is 6.29 Å². The molecule has 19 heavy (non-hydrogen) atoms. The normalized spacial score (nSPS) is 10.7. The first-order valence-corrected chi connectivity index (χ1v) is 6.91. The molecule has 0 radical (unpaired) electrons. The highest BCUT2D eigenvalue weighted by molar-refractivity contribution is 6.30. The van der Waals surface area contributed by atoms with Gasteiger partial charge in [-0.3, -0.25) is 0 Å². The zero-order valence-electron chi connectivity index (χ0n) is 10.4. The van der Waals surface area contributed by atoms with E-state index in [1.807, 2.05) is 48.5 Å². The summed E-state index contributed by atoms with van der Waals surface area (Å²) in [6.45, 7) is 0. The lowest BCUT2D eigenvalue weighted by molar-refractivity contribution is -0.107.